The van der Waals surface area contributed by atoms with Gasteiger partial charge in [0.05, 0.1) is 12.6 Å². The van der Waals surface area contributed by atoms with Gasteiger partial charge in [0, 0.05) is 23.5 Å². The Labute approximate surface area is 131 Å². The molecule has 1 amide bonds. The summed E-state index contributed by atoms with van der Waals surface area (Å²) in [5.41, 5.74) is 2.33. The number of rotatable bonds is 6. The number of aliphatic hydroxyl groups is 1. The lowest BCUT2D eigenvalue weighted by atomic mass is 9.88. The van der Waals surface area contributed by atoms with Crippen molar-refractivity contribution in [3.8, 4) is 0 Å². The second-order valence-electron chi connectivity index (χ2n) is 7.07. The predicted molar refractivity (Wildman–Crippen MR) is 89.7 cm³/mol. The van der Waals surface area contributed by atoms with E-state index < -0.39 is 0 Å². The van der Waals surface area contributed by atoms with Gasteiger partial charge in [0.15, 0.2) is 0 Å². The van der Waals surface area contributed by atoms with Gasteiger partial charge in [-0.25, -0.2) is 0 Å². The van der Waals surface area contributed by atoms with Gasteiger partial charge in [-0.1, -0.05) is 39.0 Å². The molecule has 0 aliphatic heterocycles. The molecule has 4 heteroatoms. The predicted octanol–water partition coefficient (Wildman–Crippen LogP) is 3.01. The van der Waals surface area contributed by atoms with Gasteiger partial charge in [0.1, 0.15) is 0 Å². The number of para-hydroxylation sites is 1. The quantitative estimate of drug-likeness (QED) is 0.768. The fraction of sp³-hybridized carbons (Fsp3) is 0.500. The first-order chi connectivity index (χ1) is 10.4. The largest absolute Gasteiger partial charge is 0.394 e. The highest BCUT2D eigenvalue weighted by Crippen LogP contribution is 2.21. The molecule has 0 radical (unpaired) electrons. The van der Waals surface area contributed by atoms with Crippen molar-refractivity contribution in [2.24, 2.45) is 5.41 Å². The van der Waals surface area contributed by atoms with Gasteiger partial charge in [-0.15, -0.1) is 0 Å². The number of aryl methyl sites for hydroxylation is 1. The summed E-state index contributed by atoms with van der Waals surface area (Å²) in [4.78, 5) is 15.3. The number of hydrogen-bond acceptors (Lipinski definition) is 2. The SMILES string of the molecule is CC(C)(C)CC(CO)NC(=O)CCc1c[nH]c2ccccc12. The van der Waals surface area contributed by atoms with Crippen LogP contribution in [-0.4, -0.2) is 28.6 Å². The highest BCUT2D eigenvalue weighted by Gasteiger charge is 2.19. The first-order valence-electron chi connectivity index (χ1n) is 7.84. The van der Waals surface area contributed by atoms with E-state index in [0.717, 1.165) is 17.5 Å². The molecule has 0 aliphatic rings. The van der Waals surface area contributed by atoms with E-state index in [9.17, 15) is 9.90 Å². The Kier molecular flexibility index (Phi) is 5.24. The van der Waals surface area contributed by atoms with Crippen LogP contribution < -0.4 is 5.32 Å². The van der Waals surface area contributed by atoms with E-state index in [1.807, 2.05) is 24.4 Å². The second-order valence-corrected chi connectivity index (χ2v) is 7.07. The Bertz CT molecular complexity index is 625. The summed E-state index contributed by atoms with van der Waals surface area (Å²) in [5.74, 6) is -0.00594. The zero-order valence-corrected chi connectivity index (χ0v) is 13.6. The molecule has 0 spiro atoms. The zero-order valence-electron chi connectivity index (χ0n) is 13.6. The summed E-state index contributed by atoms with van der Waals surface area (Å²) in [6.45, 7) is 6.30. The van der Waals surface area contributed by atoms with Crippen molar-refractivity contribution in [1.29, 1.82) is 0 Å². The van der Waals surface area contributed by atoms with E-state index in [-0.39, 0.29) is 24.0 Å². The average Bonchev–Trinajstić information content (AvgIpc) is 2.86. The van der Waals surface area contributed by atoms with Crippen molar-refractivity contribution in [1.82, 2.24) is 10.3 Å². The van der Waals surface area contributed by atoms with E-state index >= 15 is 0 Å². The maximum atomic E-state index is 12.1. The van der Waals surface area contributed by atoms with E-state index in [0.29, 0.717) is 12.8 Å². The number of aromatic amines is 1. The third kappa shape index (κ3) is 4.60. The van der Waals surface area contributed by atoms with Crippen molar-refractivity contribution in [3.63, 3.8) is 0 Å². The van der Waals surface area contributed by atoms with Gasteiger partial charge in [-0.2, -0.15) is 0 Å². The summed E-state index contributed by atoms with van der Waals surface area (Å²) in [5, 5.41) is 13.5. The number of amides is 1. The number of benzene rings is 1. The molecule has 0 fully saturated rings. The standard InChI is InChI=1S/C18H26N2O2/c1-18(2,3)10-14(12-21)20-17(22)9-8-13-11-19-16-7-5-4-6-15(13)16/h4-7,11,14,19,21H,8-10,12H2,1-3H3,(H,20,22). The van der Waals surface area contributed by atoms with E-state index in [2.05, 4.69) is 37.1 Å². The maximum Gasteiger partial charge on any atom is 0.220 e. The number of carbonyl (C=O) groups excluding carboxylic acids is 1. The molecule has 1 aromatic carbocycles. The Morgan fingerprint density at radius 1 is 1.32 bits per heavy atom. The molecule has 120 valence electrons. The lowest BCUT2D eigenvalue weighted by Gasteiger charge is -2.25. The third-order valence-electron chi connectivity index (χ3n) is 3.74. The Morgan fingerprint density at radius 2 is 2.05 bits per heavy atom. The van der Waals surface area contributed by atoms with Gasteiger partial charge in [0.2, 0.25) is 5.91 Å². The first kappa shape index (κ1) is 16.6. The topological polar surface area (TPSA) is 65.1 Å². The average molecular weight is 302 g/mol. The molecule has 0 aliphatic carbocycles. The summed E-state index contributed by atoms with van der Waals surface area (Å²) in [6.07, 6.45) is 3.87. The normalized spacial score (nSPS) is 13.3. The first-order valence-corrected chi connectivity index (χ1v) is 7.84. The van der Waals surface area contributed by atoms with Crippen molar-refractivity contribution in [2.45, 2.75) is 46.1 Å². The summed E-state index contributed by atoms with van der Waals surface area (Å²) < 4.78 is 0. The molecular formula is C18H26N2O2. The summed E-state index contributed by atoms with van der Waals surface area (Å²) in [7, 11) is 0. The van der Waals surface area contributed by atoms with Crippen LogP contribution in [0, 0.1) is 5.41 Å². The van der Waals surface area contributed by atoms with Gasteiger partial charge in [0.25, 0.3) is 0 Å². The van der Waals surface area contributed by atoms with Crippen LogP contribution in [0.5, 0.6) is 0 Å². The van der Waals surface area contributed by atoms with Gasteiger partial charge in [-0.05, 0) is 29.9 Å². The van der Waals surface area contributed by atoms with Crippen LogP contribution in [0.15, 0.2) is 30.5 Å². The molecule has 22 heavy (non-hydrogen) atoms. The molecule has 0 bridgehead atoms. The molecule has 4 nitrogen and oxygen atoms in total. The Morgan fingerprint density at radius 3 is 2.73 bits per heavy atom. The van der Waals surface area contributed by atoms with Crippen LogP contribution >= 0.6 is 0 Å². The number of nitrogens with one attached hydrogen (secondary N) is 2. The Hall–Kier alpha value is -1.81. The lowest BCUT2D eigenvalue weighted by Crippen LogP contribution is -2.40. The highest BCUT2D eigenvalue weighted by molar-refractivity contribution is 5.84. The lowest BCUT2D eigenvalue weighted by molar-refractivity contribution is -0.122. The van der Waals surface area contributed by atoms with Crippen LogP contribution in [0.4, 0.5) is 0 Å². The van der Waals surface area contributed by atoms with Crippen LogP contribution in [-0.2, 0) is 11.2 Å². The number of H-pyrrole nitrogens is 1. The number of carbonyl (C=O) groups is 1. The molecular weight excluding hydrogens is 276 g/mol. The van der Waals surface area contributed by atoms with Crippen molar-refractivity contribution < 1.29 is 9.90 Å². The van der Waals surface area contributed by atoms with Gasteiger partial charge >= 0.3 is 0 Å². The molecule has 2 rings (SSSR count). The fourth-order valence-electron chi connectivity index (χ4n) is 2.79. The maximum absolute atomic E-state index is 12.1. The Balaban J connectivity index is 1.89. The van der Waals surface area contributed by atoms with Crippen LogP contribution in [0.1, 0.15) is 39.2 Å². The third-order valence-corrected chi connectivity index (χ3v) is 3.74. The van der Waals surface area contributed by atoms with Crippen LogP contribution in [0.25, 0.3) is 10.9 Å². The number of hydrogen-bond donors (Lipinski definition) is 3. The van der Waals surface area contributed by atoms with Crippen molar-refractivity contribution in [2.75, 3.05) is 6.61 Å². The molecule has 1 heterocycles. The molecule has 2 aromatic rings. The van der Waals surface area contributed by atoms with Crippen LogP contribution in [0.3, 0.4) is 0 Å². The number of aliphatic hydroxyl groups excluding tert-OH is 1. The highest BCUT2D eigenvalue weighted by atomic mass is 16.3. The van der Waals surface area contributed by atoms with Crippen molar-refractivity contribution >= 4 is 16.8 Å². The molecule has 0 saturated carbocycles. The number of fused-ring (bicyclic) bond motifs is 1. The molecule has 1 atom stereocenters. The van der Waals surface area contributed by atoms with E-state index in [1.165, 1.54) is 5.39 Å². The summed E-state index contributed by atoms with van der Waals surface area (Å²) in [6, 6.07) is 7.92. The zero-order chi connectivity index (χ0) is 16.2. The minimum absolute atomic E-state index is 0.00594. The minimum Gasteiger partial charge on any atom is -0.394 e. The van der Waals surface area contributed by atoms with E-state index in [1.54, 1.807) is 0 Å². The van der Waals surface area contributed by atoms with Crippen LogP contribution in [0.2, 0.25) is 0 Å². The molecule has 1 unspecified atom stereocenters. The second kappa shape index (κ2) is 6.97. The van der Waals surface area contributed by atoms with Crippen molar-refractivity contribution in [3.05, 3.63) is 36.0 Å². The van der Waals surface area contributed by atoms with Gasteiger partial charge < -0.3 is 15.4 Å². The summed E-state index contributed by atoms with van der Waals surface area (Å²) >= 11 is 0. The fourth-order valence-corrected chi connectivity index (χ4v) is 2.79. The molecule has 1 aromatic heterocycles. The van der Waals surface area contributed by atoms with E-state index in [4.69, 9.17) is 0 Å². The van der Waals surface area contributed by atoms with Gasteiger partial charge in [-0.3, -0.25) is 4.79 Å². The number of aromatic nitrogens is 1. The smallest absolute Gasteiger partial charge is 0.220 e. The molecule has 0 saturated heterocycles. The molecule has 3 N–H and O–H groups in total. The minimum atomic E-state index is -0.171. The monoisotopic (exact) mass is 302 g/mol.